The number of nitrogens with zero attached hydrogens (tertiary/aromatic N) is 2. The van der Waals surface area contributed by atoms with Gasteiger partial charge >= 0.3 is 0 Å². The van der Waals surface area contributed by atoms with Crippen LogP contribution >= 0.6 is 0 Å². The molecule has 0 spiro atoms. The van der Waals surface area contributed by atoms with Crippen LogP contribution in [-0.2, 0) is 16.6 Å². The number of benzene rings is 2. The lowest BCUT2D eigenvalue weighted by atomic mass is 9.96. The minimum absolute atomic E-state index is 0.209. The van der Waals surface area contributed by atoms with Crippen LogP contribution in [0, 0.1) is 5.92 Å². The van der Waals surface area contributed by atoms with Gasteiger partial charge in [0.05, 0.1) is 6.54 Å². The molecular formula is C26H34N4O. The molecule has 31 heavy (non-hydrogen) atoms. The van der Waals surface area contributed by atoms with E-state index in [1.54, 1.807) is 0 Å². The average molecular weight is 419 g/mol. The third-order valence-corrected chi connectivity index (χ3v) is 6.49. The van der Waals surface area contributed by atoms with E-state index >= 15 is 0 Å². The summed E-state index contributed by atoms with van der Waals surface area (Å²) >= 11 is 0. The van der Waals surface area contributed by atoms with E-state index in [0.717, 1.165) is 45.1 Å². The summed E-state index contributed by atoms with van der Waals surface area (Å²) in [6.07, 6.45) is 3.94. The van der Waals surface area contributed by atoms with Crippen LogP contribution in [-0.4, -0.2) is 49.5 Å². The van der Waals surface area contributed by atoms with Gasteiger partial charge in [0.2, 0.25) is 5.91 Å². The first-order chi connectivity index (χ1) is 15.2. The van der Waals surface area contributed by atoms with Crippen LogP contribution in [0.25, 0.3) is 0 Å². The van der Waals surface area contributed by atoms with Crippen LogP contribution in [0.2, 0.25) is 0 Å². The van der Waals surface area contributed by atoms with E-state index in [2.05, 4.69) is 72.2 Å². The monoisotopic (exact) mass is 418 g/mol. The Bertz CT molecular complexity index is 877. The van der Waals surface area contributed by atoms with Gasteiger partial charge in [-0.15, -0.1) is 0 Å². The number of hydrogen-bond donors (Lipinski definition) is 2. The van der Waals surface area contributed by atoms with Gasteiger partial charge in [0.1, 0.15) is 0 Å². The Hall–Kier alpha value is -2.82. The zero-order chi connectivity index (χ0) is 21.5. The zero-order valence-corrected chi connectivity index (χ0v) is 18.5. The minimum atomic E-state index is 0.209. The summed E-state index contributed by atoms with van der Waals surface area (Å²) in [5.41, 5.74) is 2.89. The van der Waals surface area contributed by atoms with E-state index in [1.807, 2.05) is 11.0 Å². The molecule has 1 saturated heterocycles. The van der Waals surface area contributed by atoms with Crippen LogP contribution in [0.5, 0.6) is 0 Å². The SMILES string of the molecule is CCNC(=NCC1(c2ccccc2)CC1)NCC1CC(=O)N(CCc2ccccc2)C1. The first-order valence-electron chi connectivity index (χ1n) is 11.6. The van der Waals surface area contributed by atoms with Gasteiger partial charge in [0.15, 0.2) is 5.96 Å². The van der Waals surface area contributed by atoms with Crippen LogP contribution < -0.4 is 10.6 Å². The molecule has 1 unspecified atom stereocenters. The maximum absolute atomic E-state index is 12.5. The predicted octanol–water partition coefficient (Wildman–Crippen LogP) is 3.36. The summed E-state index contributed by atoms with van der Waals surface area (Å²) in [6, 6.07) is 21.1. The molecule has 1 heterocycles. The zero-order valence-electron chi connectivity index (χ0n) is 18.5. The molecule has 5 nitrogen and oxygen atoms in total. The number of aliphatic imine (C=N–C) groups is 1. The number of guanidine groups is 1. The number of likely N-dealkylation sites (tertiary alicyclic amines) is 1. The summed E-state index contributed by atoms with van der Waals surface area (Å²) in [5.74, 6) is 1.46. The van der Waals surface area contributed by atoms with Crippen molar-refractivity contribution in [3.05, 3.63) is 71.8 Å². The highest BCUT2D eigenvalue weighted by atomic mass is 16.2. The van der Waals surface area contributed by atoms with Crippen molar-refractivity contribution in [3.63, 3.8) is 0 Å². The highest BCUT2D eigenvalue weighted by Crippen LogP contribution is 2.48. The molecule has 0 radical (unpaired) electrons. The Morgan fingerprint density at radius 3 is 2.45 bits per heavy atom. The van der Waals surface area contributed by atoms with E-state index in [9.17, 15) is 4.79 Å². The fourth-order valence-electron chi connectivity index (χ4n) is 4.41. The van der Waals surface area contributed by atoms with Crippen molar-refractivity contribution in [3.8, 4) is 0 Å². The molecule has 1 aliphatic carbocycles. The van der Waals surface area contributed by atoms with E-state index < -0.39 is 0 Å². The Morgan fingerprint density at radius 2 is 1.77 bits per heavy atom. The quantitative estimate of drug-likeness (QED) is 0.485. The number of nitrogens with one attached hydrogen (secondary N) is 2. The molecule has 1 saturated carbocycles. The van der Waals surface area contributed by atoms with Gasteiger partial charge in [0, 0.05) is 43.9 Å². The molecule has 2 aromatic rings. The number of hydrogen-bond acceptors (Lipinski definition) is 2. The van der Waals surface area contributed by atoms with E-state index in [0.29, 0.717) is 12.3 Å². The van der Waals surface area contributed by atoms with Crippen LogP contribution in [0.1, 0.15) is 37.3 Å². The lowest BCUT2D eigenvalue weighted by Gasteiger charge is -2.19. The summed E-state index contributed by atoms with van der Waals surface area (Å²) in [6.45, 7) is 6.12. The second-order valence-electron chi connectivity index (χ2n) is 8.87. The highest BCUT2D eigenvalue weighted by Gasteiger charge is 2.44. The maximum Gasteiger partial charge on any atom is 0.223 e. The smallest absolute Gasteiger partial charge is 0.223 e. The third-order valence-electron chi connectivity index (χ3n) is 6.49. The molecule has 4 rings (SSSR count). The first-order valence-corrected chi connectivity index (χ1v) is 11.6. The molecule has 5 heteroatoms. The molecule has 2 aliphatic rings. The predicted molar refractivity (Wildman–Crippen MR) is 126 cm³/mol. The van der Waals surface area contributed by atoms with Crippen molar-refractivity contribution in [2.45, 2.75) is 38.0 Å². The van der Waals surface area contributed by atoms with E-state index in [1.165, 1.54) is 24.0 Å². The minimum Gasteiger partial charge on any atom is -0.357 e. The molecule has 2 N–H and O–H groups in total. The van der Waals surface area contributed by atoms with Crippen molar-refractivity contribution in [1.82, 2.24) is 15.5 Å². The first kappa shape index (κ1) is 21.4. The topological polar surface area (TPSA) is 56.7 Å². The van der Waals surface area contributed by atoms with Crippen molar-refractivity contribution < 1.29 is 4.79 Å². The molecule has 2 fully saturated rings. The van der Waals surface area contributed by atoms with Crippen molar-refractivity contribution >= 4 is 11.9 Å². The van der Waals surface area contributed by atoms with Crippen LogP contribution in [0.15, 0.2) is 65.7 Å². The van der Waals surface area contributed by atoms with E-state index in [4.69, 9.17) is 4.99 Å². The van der Waals surface area contributed by atoms with Gasteiger partial charge < -0.3 is 15.5 Å². The summed E-state index contributed by atoms with van der Waals surface area (Å²) < 4.78 is 0. The summed E-state index contributed by atoms with van der Waals surface area (Å²) in [4.78, 5) is 19.4. The number of carbonyl (C=O) groups excluding carboxylic acids is 1. The standard InChI is InChI=1S/C26H34N4O/c1-2-27-25(29-20-26(14-15-26)23-11-7-4-8-12-23)28-18-22-17-24(31)30(19-22)16-13-21-9-5-3-6-10-21/h3-12,22H,2,13-20H2,1H3,(H2,27,28,29). The Kier molecular flexibility index (Phi) is 6.90. The van der Waals surface area contributed by atoms with Crippen LogP contribution in [0.3, 0.4) is 0 Å². The Labute approximate surface area is 186 Å². The maximum atomic E-state index is 12.5. The molecule has 2 aromatic carbocycles. The number of carbonyl (C=O) groups is 1. The lowest BCUT2D eigenvalue weighted by Crippen LogP contribution is -2.40. The summed E-state index contributed by atoms with van der Waals surface area (Å²) in [7, 11) is 0. The molecule has 1 atom stereocenters. The van der Waals surface area contributed by atoms with Crippen molar-refractivity contribution in [1.29, 1.82) is 0 Å². The number of rotatable bonds is 9. The molecule has 164 valence electrons. The second-order valence-corrected chi connectivity index (χ2v) is 8.87. The van der Waals surface area contributed by atoms with Crippen LogP contribution in [0.4, 0.5) is 0 Å². The van der Waals surface area contributed by atoms with Gasteiger partial charge in [0.25, 0.3) is 0 Å². The van der Waals surface area contributed by atoms with Gasteiger partial charge in [-0.05, 0) is 37.3 Å². The fraction of sp³-hybridized carbons (Fsp3) is 0.462. The molecule has 0 aromatic heterocycles. The normalized spacial score (nSPS) is 20.0. The largest absolute Gasteiger partial charge is 0.357 e. The second kappa shape index (κ2) is 9.99. The Morgan fingerprint density at radius 1 is 1.06 bits per heavy atom. The van der Waals surface area contributed by atoms with Crippen molar-refractivity contribution in [2.24, 2.45) is 10.9 Å². The molecule has 1 aliphatic heterocycles. The lowest BCUT2D eigenvalue weighted by molar-refractivity contribution is -0.127. The van der Waals surface area contributed by atoms with Gasteiger partial charge in [-0.2, -0.15) is 0 Å². The number of amides is 1. The van der Waals surface area contributed by atoms with Gasteiger partial charge in [-0.3, -0.25) is 9.79 Å². The van der Waals surface area contributed by atoms with Crippen molar-refractivity contribution in [2.75, 3.05) is 32.7 Å². The fourth-order valence-corrected chi connectivity index (χ4v) is 4.41. The third kappa shape index (κ3) is 5.66. The molecule has 0 bridgehead atoms. The molecular weight excluding hydrogens is 384 g/mol. The summed E-state index contributed by atoms with van der Waals surface area (Å²) in [5, 5.41) is 6.86. The average Bonchev–Trinajstić information content (AvgIpc) is 3.52. The van der Waals surface area contributed by atoms with Gasteiger partial charge in [-0.1, -0.05) is 60.7 Å². The molecule has 1 amide bonds. The van der Waals surface area contributed by atoms with E-state index in [-0.39, 0.29) is 11.3 Å². The highest BCUT2D eigenvalue weighted by molar-refractivity contribution is 5.81. The Balaban J connectivity index is 1.27. The van der Waals surface area contributed by atoms with Gasteiger partial charge in [-0.25, -0.2) is 0 Å².